The van der Waals surface area contributed by atoms with E-state index in [9.17, 15) is 4.79 Å². The van der Waals surface area contributed by atoms with Crippen LogP contribution in [0.2, 0.25) is 0 Å². The van der Waals surface area contributed by atoms with Crippen molar-refractivity contribution in [2.24, 2.45) is 0 Å². The molecule has 1 amide bonds. The van der Waals surface area contributed by atoms with E-state index in [1.54, 1.807) is 20.3 Å². The summed E-state index contributed by atoms with van der Waals surface area (Å²) < 4.78 is 10.6. The molecule has 6 nitrogen and oxygen atoms in total. The molecule has 4 rings (SSSR count). The van der Waals surface area contributed by atoms with Gasteiger partial charge in [-0.2, -0.15) is 0 Å². The minimum atomic E-state index is 0.0488. The first-order valence-corrected chi connectivity index (χ1v) is 10.9. The zero-order valence-electron chi connectivity index (χ0n) is 17.0. The van der Waals surface area contributed by atoms with E-state index in [4.69, 9.17) is 14.5 Å². The highest BCUT2D eigenvalue weighted by atomic mass is 32.1. The molecule has 2 heterocycles. The predicted octanol–water partition coefficient (Wildman–Crippen LogP) is 3.01. The number of hydrogen-bond donors (Lipinski definition) is 0. The fourth-order valence-corrected chi connectivity index (χ4v) is 5.06. The van der Waals surface area contributed by atoms with Crippen molar-refractivity contribution in [3.63, 3.8) is 0 Å². The van der Waals surface area contributed by atoms with E-state index in [1.807, 2.05) is 40.5 Å². The van der Waals surface area contributed by atoms with Gasteiger partial charge >= 0.3 is 0 Å². The van der Waals surface area contributed by atoms with Gasteiger partial charge in [0, 0.05) is 37.1 Å². The molecule has 1 fully saturated rings. The van der Waals surface area contributed by atoms with Crippen molar-refractivity contribution in [3.05, 3.63) is 45.4 Å². The number of aryl methyl sites for hydroxylation is 2. The van der Waals surface area contributed by atoms with Crippen LogP contribution in [0.1, 0.15) is 27.6 Å². The van der Waals surface area contributed by atoms with Gasteiger partial charge < -0.3 is 14.4 Å². The zero-order chi connectivity index (χ0) is 20.2. The average Bonchev–Trinajstić information content (AvgIpc) is 3.34. The molecule has 1 aromatic heterocycles. The van der Waals surface area contributed by atoms with Gasteiger partial charge in [-0.15, -0.1) is 11.3 Å². The second-order valence-electron chi connectivity index (χ2n) is 7.38. The number of nitrogens with zero attached hydrogens (tertiary/aromatic N) is 3. The number of rotatable bonds is 6. The molecule has 0 unspecified atom stereocenters. The fourth-order valence-electron chi connectivity index (χ4n) is 3.86. The van der Waals surface area contributed by atoms with Gasteiger partial charge in [0.2, 0.25) is 5.91 Å². The standard InChI is InChI=1S/C22H27N3O3S/c1-27-18-8-6-16(14-19(18)28-2)7-9-22(26)25-12-10-24(11-13-25)15-21-23-17-4-3-5-20(17)29-21/h6-9,14H,3-5,10-13,15H2,1-2H3/b9-7+. The third kappa shape index (κ3) is 4.62. The molecule has 0 atom stereocenters. The van der Waals surface area contributed by atoms with Crippen LogP contribution in [0.5, 0.6) is 11.5 Å². The van der Waals surface area contributed by atoms with Gasteiger partial charge in [-0.05, 0) is 43.0 Å². The number of aromatic nitrogens is 1. The molecule has 1 aliphatic heterocycles. The van der Waals surface area contributed by atoms with Gasteiger partial charge in [0.15, 0.2) is 11.5 Å². The Bertz CT molecular complexity index is 879. The number of amides is 1. The summed E-state index contributed by atoms with van der Waals surface area (Å²) in [6, 6.07) is 5.62. The first-order valence-electron chi connectivity index (χ1n) is 10.0. The zero-order valence-corrected chi connectivity index (χ0v) is 17.8. The molecule has 154 valence electrons. The first kappa shape index (κ1) is 19.9. The van der Waals surface area contributed by atoms with Crippen molar-refractivity contribution in [2.45, 2.75) is 25.8 Å². The number of carbonyl (C=O) groups is 1. The summed E-state index contributed by atoms with van der Waals surface area (Å²) in [5, 5.41) is 1.22. The summed E-state index contributed by atoms with van der Waals surface area (Å²) in [4.78, 5) is 23.1. The van der Waals surface area contributed by atoms with Gasteiger partial charge in [-0.3, -0.25) is 9.69 Å². The number of benzene rings is 1. The molecule has 2 aliphatic rings. The van der Waals surface area contributed by atoms with Gasteiger partial charge in [0.05, 0.1) is 26.5 Å². The van der Waals surface area contributed by atoms with Gasteiger partial charge in [0.1, 0.15) is 5.01 Å². The third-order valence-corrected chi connectivity index (χ3v) is 6.65. The Kier molecular flexibility index (Phi) is 6.16. The molecule has 1 saturated heterocycles. The lowest BCUT2D eigenvalue weighted by Gasteiger charge is -2.33. The van der Waals surface area contributed by atoms with Crippen LogP contribution < -0.4 is 9.47 Å². The topological polar surface area (TPSA) is 54.9 Å². The van der Waals surface area contributed by atoms with E-state index in [1.165, 1.54) is 28.4 Å². The average molecular weight is 414 g/mol. The molecule has 0 bridgehead atoms. The summed E-state index contributed by atoms with van der Waals surface area (Å²) in [6.07, 6.45) is 7.06. The Labute approximate surface area is 175 Å². The molecule has 1 aromatic carbocycles. The van der Waals surface area contributed by atoms with Crippen LogP contribution in [0.15, 0.2) is 24.3 Å². The van der Waals surface area contributed by atoms with Crippen LogP contribution in [0.4, 0.5) is 0 Å². The largest absolute Gasteiger partial charge is 0.493 e. The van der Waals surface area contributed by atoms with Gasteiger partial charge in [-0.1, -0.05) is 6.07 Å². The number of ether oxygens (including phenoxy) is 2. The quantitative estimate of drug-likeness (QED) is 0.682. The van der Waals surface area contributed by atoms with E-state index in [2.05, 4.69) is 4.90 Å². The van der Waals surface area contributed by atoms with E-state index in [0.29, 0.717) is 11.5 Å². The minimum Gasteiger partial charge on any atom is -0.493 e. The van der Waals surface area contributed by atoms with Crippen molar-refractivity contribution < 1.29 is 14.3 Å². The Morgan fingerprint density at radius 1 is 1.14 bits per heavy atom. The maximum Gasteiger partial charge on any atom is 0.246 e. The molecule has 29 heavy (non-hydrogen) atoms. The summed E-state index contributed by atoms with van der Waals surface area (Å²) in [5.74, 6) is 1.38. The van der Waals surface area contributed by atoms with Crippen molar-refractivity contribution in [1.82, 2.24) is 14.8 Å². The maximum atomic E-state index is 12.6. The molecule has 0 radical (unpaired) electrons. The molecule has 0 N–H and O–H groups in total. The Morgan fingerprint density at radius 3 is 2.66 bits per heavy atom. The molecule has 0 spiro atoms. The summed E-state index contributed by atoms with van der Waals surface area (Å²) in [5.41, 5.74) is 2.23. The van der Waals surface area contributed by atoms with Crippen molar-refractivity contribution in [2.75, 3.05) is 40.4 Å². The molecule has 1 aliphatic carbocycles. The van der Waals surface area contributed by atoms with Crippen LogP contribution in [-0.2, 0) is 24.2 Å². The monoisotopic (exact) mass is 413 g/mol. The van der Waals surface area contributed by atoms with Crippen LogP contribution >= 0.6 is 11.3 Å². The summed E-state index contributed by atoms with van der Waals surface area (Å²) in [6.45, 7) is 4.18. The number of thiazole rings is 1. The lowest BCUT2D eigenvalue weighted by Crippen LogP contribution is -2.47. The highest BCUT2D eigenvalue weighted by molar-refractivity contribution is 7.11. The Balaban J connectivity index is 1.29. The highest BCUT2D eigenvalue weighted by Crippen LogP contribution is 2.29. The first-order chi connectivity index (χ1) is 14.2. The Hall–Kier alpha value is -2.38. The molecule has 0 saturated carbocycles. The summed E-state index contributed by atoms with van der Waals surface area (Å²) in [7, 11) is 3.22. The van der Waals surface area contributed by atoms with E-state index in [-0.39, 0.29) is 5.91 Å². The minimum absolute atomic E-state index is 0.0488. The number of piperazine rings is 1. The van der Waals surface area contributed by atoms with E-state index < -0.39 is 0 Å². The lowest BCUT2D eigenvalue weighted by molar-refractivity contribution is -0.127. The normalized spacial score (nSPS) is 17.0. The van der Waals surface area contributed by atoms with Crippen molar-refractivity contribution >= 4 is 23.3 Å². The lowest BCUT2D eigenvalue weighted by atomic mass is 10.2. The van der Waals surface area contributed by atoms with Crippen LogP contribution in [0.25, 0.3) is 6.08 Å². The van der Waals surface area contributed by atoms with Crippen molar-refractivity contribution in [1.29, 1.82) is 0 Å². The van der Waals surface area contributed by atoms with Crippen molar-refractivity contribution in [3.8, 4) is 11.5 Å². The second-order valence-corrected chi connectivity index (χ2v) is 8.55. The van der Waals surface area contributed by atoms with Crippen LogP contribution in [-0.4, -0.2) is 61.1 Å². The van der Waals surface area contributed by atoms with E-state index >= 15 is 0 Å². The maximum absolute atomic E-state index is 12.6. The molecular weight excluding hydrogens is 386 g/mol. The Morgan fingerprint density at radius 2 is 1.93 bits per heavy atom. The number of carbonyl (C=O) groups excluding carboxylic acids is 1. The smallest absolute Gasteiger partial charge is 0.246 e. The second kappa shape index (κ2) is 8.97. The predicted molar refractivity (Wildman–Crippen MR) is 115 cm³/mol. The third-order valence-electron chi connectivity index (χ3n) is 5.51. The van der Waals surface area contributed by atoms with Crippen LogP contribution in [0, 0.1) is 0 Å². The number of fused-ring (bicyclic) bond motifs is 1. The SMILES string of the molecule is COc1ccc(/C=C/C(=O)N2CCN(Cc3nc4c(s3)CCC4)CC2)cc1OC. The van der Waals surface area contributed by atoms with E-state index in [0.717, 1.165) is 44.7 Å². The highest BCUT2D eigenvalue weighted by Gasteiger charge is 2.22. The van der Waals surface area contributed by atoms with Gasteiger partial charge in [0.25, 0.3) is 0 Å². The fraction of sp³-hybridized carbons (Fsp3) is 0.455. The molecule has 2 aromatic rings. The van der Waals surface area contributed by atoms with Gasteiger partial charge in [-0.25, -0.2) is 4.98 Å². The molecule has 7 heteroatoms. The van der Waals surface area contributed by atoms with Crippen LogP contribution in [0.3, 0.4) is 0 Å². The summed E-state index contributed by atoms with van der Waals surface area (Å²) >= 11 is 1.87. The number of methoxy groups -OCH3 is 2. The number of hydrogen-bond acceptors (Lipinski definition) is 6. The molecular formula is C22H27N3O3S.